The summed E-state index contributed by atoms with van der Waals surface area (Å²) in [6, 6.07) is 23.2. The molecule has 0 aromatic heterocycles. The maximum absolute atomic E-state index is 2.82. The van der Waals surface area contributed by atoms with E-state index >= 15 is 0 Å². The van der Waals surface area contributed by atoms with Gasteiger partial charge in [0.25, 0.3) is 0 Å². The van der Waals surface area contributed by atoms with E-state index in [0.717, 1.165) is 0 Å². The van der Waals surface area contributed by atoms with Gasteiger partial charge in [0.1, 0.15) is 0 Å². The zero-order valence-corrected chi connectivity index (χ0v) is 38.3. The van der Waals surface area contributed by atoms with Gasteiger partial charge in [-0.25, -0.2) is 0 Å². The second-order valence-electron chi connectivity index (χ2n) is 19.8. The van der Waals surface area contributed by atoms with Crippen molar-refractivity contribution in [1.82, 2.24) is 0 Å². The summed E-state index contributed by atoms with van der Waals surface area (Å²) in [6.07, 6.45) is 33.2. The molecular formula is C52H62Cl2Ti. The molecule has 0 N–H and O–H groups in total. The molecule has 0 aliphatic heterocycles. The minimum absolute atomic E-state index is 0. The summed E-state index contributed by atoms with van der Waals surface area (Å²) in [5.41, 5.74) is 5.14. The quantitative estimate of drug-likeness (QED) is 0.279. The monoisotopic (exact) mass is 804 g/mol. The first-order valence-corrected chi connectivity index (χ1v) is 22.7. The molecule has 0 amide bonds. The first-order chi connectivity index (χ1) is 24.9. The molecule has 55 heavy (non-hydrogen) atoms. The van der Waals surface area contributed by atoms with Crippen molar-refractivity contribution in [2.24, 2.45) is 55.2 Å². The van der Waals surface area contributed by atoms with Crippen molar-refractivity contribution >= 4 is 3.81 Å². The van der Waals surface area contributed by atoms with E-state index in [4.69, 9.17) is 0 Å². The van der Waals surface area contributed by atoms with Gasteiger partial charge in [-0.15, -0.1) is 0 Å². The van der Waals surface area contributed by atoms with Crippen LogP contribution in [-0.2, 0) is 17.4 Å². The van der Waals surface area contributed by atoms with Crippen LogP contribution in [0.15, 0.2) is 155 Å². The number of fused-ring (bicyclic) bond motifs is 8. The third-order valence-corrected chi connectivity index (χ3v) is 23.7. The third kappa shape index (κ3) is 4.90. The van der Waals surface area contributed by atoms with Gasteiger partial charge in [0, 0.05) is 0 Å². The van der Waals surface area contributed by atoms with Gasteiger partial charge in [-0.05, 0) is 0 Å². The maximum Gasteiger partial charge on any atom is -1.00 e. The molecule has 2 saturated carbocycles. The molecule has 2 aromatic rings. The number of halogens is 2. The molecule has 6 aliphatic rings. The molecule has 6 aliphatic carbocycles. The molecule has 288 valence electrons. The molecule has 0 heterocycles. The van der Waals surface area contributed by atoms with Crippen molar-refractivity contribution in [2.75, 3.05) is 0 Å². The average molecular weight is 806 g/mol. The normalized spacial score (nSPS) is 40.2. The predicted octanol–water partition coefficient (Wildman–Crippen LogP) is 7.63. The molecular weight excluding hydrogens is 743 g/mol. The van der Waals surface area contributed by atoms with Crippen LogP contribution in [-0.4, -0.2) is 3.81 Å². The van der Waals surface area contributed by atoms with Gasteiger partial charge in [-0.1, -0.05) is 0 Å². The Bertz CT molecular complexity index is 2110. The van der Waals surface area contributed by atoms with Gasteiger partial charge in [-0.2, -0.15) is 0 Å². The van der Waals surface area contributed by atoms with Crippen LogP contribution in [0.1, 0.15) is 94.2 Å². The summed E-state index contributed by atoms with van der Waals surface area (Å²) >= 11 is -2.60. The fourth-order valence-corrected chi connectivity index (χ4v) is 21.3. The van der Waals surface area contributed by atoms with Gasteiger partial charge in [-0.3, -0.25) is 0 Å². The van der Waals surface area contributed by atoms with Crippen molar-refractivity contribution < 1.29 is 42.2 Å². The molecule has 2 fully saturated rings. The van der Waals surface area contributed by atoms with E-state index in [1.54, 1.807) is 13.3 Å². The summed E-state index contributed by atoms with van der Waals surface area (Å²) in [4.78, 5) is 0. The van der Waals surface area contributed by atoms with E-state index in [-0.39, 0.29) is 68.1 Å². The topological polar surface area (TPSA) is 0 Å². The maximum atomic E-state index is 2.82. The first kappa shape index (κ1) is 42.1. The Hall–Kier alpha value is -2.48. The number of benzene rings is 2. The van der Waals surface area contributed by atoms with Crippen LogP contribution in [0.4, 0.5) is 0 Å². The van der Waals surface area contributed by atoms with Crippen molar-refractivity contribution in [1.29, 1.82) is 0 Å². The smallest absolute Gasteiger partial charge is 1.00 e. The van der Waals surface area contributed by atoms with Crippen LogP contribution < -0.4 is 24.8 Å². The first-order valence-electron chi connectivity index (χ1n) is 20.3. The van der Waals surface area contributed by atoms with E-state index in [2.05, 4.69) is 223 Å². The van der Waals surface area contributed by atoms with Crippen LogP contribution in [0.25, 0.3) is 0 Å². The second-order valence-corrected chi connectivity index (χ2v) is 23.7. The summed E-state index contributed by atoms with van der Waals surface area (Å²) in [6.45, 7) is 31.2. The van der Waals surface area contributed by atoms with E-state index in [0.29, 0.717) is 16.1 Å². The van der Waals surface area contributed by atoms with Crippen molar-refractivity contribution in [3.63, 3.8) is 0 Å². The fraction of sp³-hybridized carbons (Fsp3) is 0.442. The standard InChI is InChI=1S/C29H37.C13H10.C10H15.2ClH.Ti/c1-21-14-13-15-22-20-27(6)25(4)18-10-9-16-23(25,2)24(3)17-11-12-19-26(24,5)29(27,8)28(21,22)7;1-3-7-12(8-4-1)11-13-9-5-2-6-10-13;1-8-5-6-9(7-8)10(2,3)4;;;/h9-20,22H,1-8H3;1-10H;6-8H,1-4H3;2*1H;/q;;;;;+2/p-2. The summed E-state index contributed by atoms with van der Waals surface area (Å²) in [7, 11) is 0. The number of hydrogen-bond donors (Lipinski definition) is 0. The van der Waals surface area contributed by atoms with Crippen molar-refractivity contribution in [3.05, 3.63) is 166 Å². The predicted molar refractivity (Wildman–Crippen MR) is 224 cm³/mol. The van der Waals surface area contributed by atoms with Crippen LogP contribution in [0.2, 0.25) is 4.22 Å². The number of hydrogen-bond acceptors (Lipinski definition) is 0. The molecule has 0 nitrogen and oxygen atoms in total. The Morgan fingerprint density at radius 2 is 1.11 bits per heavy atom. The number of rotatable bonds is 4. The zero-order valence-electron chi connectivity index (χ0n) is 35.3. The minimum atomic E-state index is -2.60. The van der Waals surface area contributed by atoms with Crippen molar-refractivity contribution in [3.8, 4) is 0 Å². The summed E-state index contributed by atoms with van der Waals surface area (Å²) in [5, 5.41) is 0. The molecule has 0 saturated heterocycles. The molecule has 0 radical (unpaired) electrons. The van der Waals surface area contributed by atoms with Gasteiger partial charge in [0.05, 0.1) is 0 Å². The SMILES string of the molecule is CC1=CC=CC2[CH]([Ti+2]([C]3=CC(C(C)(C)C)=CC3C)=[C](c3ccccc3)c3ccccc3)C3(C)C4(C)C=CC=CC4(C)C4(C)C=CC=CC4(C)C3(C)C12C.[Cl-].[Cl-]. The van der Waals surface area contributed by atoms with Gasteiger partial charge >= 0.3 is 329 Å². The molecule has 10 atom stereocenters. The Balaban J connectivity index is 0.00000257. The molecule has 8 rings (SSSR count). The molecule has 2 aromatic carbocycles. The Morgan fingerprint density at radius 1 is 0.636 bits per heavy atom. The van der Waals surface area contributed by atoms with Gasteiger partial charge in [0.2, 0.25) is 0 Å². The van der Waals surface area contributed by atoms with Gasteiger partial charge < -0.3 is 24.8 Å². The van der Waals surface area contributed by atoms with Crippen molar-refractivity contribution in [2.45, 2.75) is 87.3 Å². The average Bonchev–Trinajstić information content (AvgIpc) is 3.60. The largest absolute Gasteiger partial charge is 1.00 e. The van der Waals surface area contributed by atoms with E-state index in [1.165, 1.54) is 16.7 Å². The van der Waals surface area contributed by atoms with Crippen LogP contribution >= 0.6 is 0 Å². The fourth-order valence-electron chi connectivity index (χ4n) is 13.9. The Labute approximate surface area is 352 Å². The number of allylic oxidation sites excluding steroid dienone is 16. The molecule has 3 heteroatoms. The van der Waals surface area contributed by atoms with Gasteiger partial charge in [0.15, 0.2) is 0 Å². The Morgan fingerprint density at radius 3 is 1.60 bits per heavy atom. The molecule has 0 spiro atoms. The van der Waals surface area contributed by atoms with E-state index < -0.39 is 17.4 Å². The van der Waals surface area contributed by atoms with Crippen LogP contribution in [0.5, 0.6) is 0 Å². The minimum Gasteiger partial charge on any atom is -1.00 e. The molecule has 0 bridgehead atoms. The zero-order chi connectivity index (χ0) is 38.0. The summed E-state index contributed by atoms with van der Waals surface area (Å²) in [5.74, 6) is 0.779. The van der Waals surface area contributed by atoms with Crippen LogP contribution in [0, 0.1) is 55.2 Å². The second kappa shape index (κ2) is 13.5. The molecule has 10 unspecified atom stereocenters. The summed E-state index contributed by atoms with van der Waals surface area (Å²) < 4.78 is 3.83. The van der Waals surface area contributed by atoms with E-state index in [9.17, 15) is 0 Å². The third-order valence-electron chi connectivity index (χ3n) is 17.6. The van der Waals surface area contributed by atoms with Crippen LogP contribution in [0.3, 0.4) is 0 Å². The Kier molecular flexibility index (Phi) is 10.4. The van der Waals surface area contributed by atoms with E-state index in [1.807, 2.05) is 0 Å².